The first kappa shape index (κ1) is 8.18. The van der Waals surface area contributed by atoms with Gasteiger partial charge in [0.2, 0.25) is 0 Å². The topological polar surface area (TPSA) is 0 Å². The van der Waals surface area contributed by atoms with Gasteiger partial charge in [0.05, 0.1) is 5.92 Å². The number of alkyl halides is 4. The lowest BCUT2D eigenvalue weighted by atomic mass is 10.1. The lowest BCUT2D eigenvalue weighted by molar-refractivity contribution is -0.174. The fourth-order valence-electron chi connectivity index (χ4n) is 0.942. The molecule has 60 valence electrons. The minimum absolute atomic E-state index is 0.239. The lowest BCUT2D eigenvalue weighted by Crippen LogP contribution is -2.22. The standard InChI is InChI=1S/C6H8ClF3/c1-3(6(8,9)10)4-2-5(4)7/h3-5H,2H2,1H3. The van der Waals surface area contributed by atoms with Gasteiger partial charge in [0.1, 0.15) is 0 Å². The molecule has 0 aromatic carbocycles. The zero-order chi connectivity index (χ0) is 7.94. The highest BCUT2D eigenvalue weighted by Crippen LogP contribution is 2.47. The number of hydrogen-bond acceptors (Lipinski definition) is 0. The quantitative estimate of drug-likeness (QED) is 0.534. The second-order valence-corrected chi connectivity index (χ2v) is 3.31. The van der Waals surface area contributed by atoms with Gasteiger partial charge in [-0.05, 0) is 12.3 Å². The Balaban J connectivity index is 2.42. The van der Waals surface area contributed by atoms with Crippen molar-refractivity contribution in [3.63, 3.8) is 0 Å². The summed E-state index contributed by atoms with van der Waals surface area (Å²) in [7, 11) is 0. The molecule has 0 bridgehead atoms. The van der Waals surface area contributed by atoms with Gasteiger partial charge in [-0.1, -0.05) is 6.92 Å². The van der Waals surface area contributed by atoms with Crippen LogP contribution in [0.4, 0.5) is 13.2 Å². The summed E-state index contributed by atoms with van der Waals surface area (Å²) in [5.74, 6) is -1.56. The maximum Gasteiger partial charge on any atom is 0.391 e. The van der Waals surface area contributed by atoms with Crippen molar-refractivity contribution < 1.29 is 13.2 Å². The van der Waals surface area contributed by atoms with Crippen LogP contribution in [0.5, 0.6) is 0 Å². The van der Waals surface area contributed by atoms with Gasteiger partial charge < -0.3 is 0 Å². The molecule has 0 aliphatic heterocycles. The van der Waals surface area contributed by atoms with E-state index in [-0.39, 0.29) is 11.3 Å². The Morgan fingerprint density at radius 3 is 2.00 bits per heavy atom. The first-order valence-electron chi connectivity index (χ1n) is 3.13. The molecule has 1 aliphatic rings. The van der Waals surface area contributed by atoms with E-state index in [0.29, 0.717) is 6.42 Å². The van der Waals surface area contributed by atoms with Gasteiger partial charge in [-0.2, -0.15) is 13.2 Å². The van der Waals surface area contributed by atoms with E-state index in [2.05, 4.69) is 0 Å². The third-order valence-electron chi connectivity index (χ3n) is 1.92. The minimum Gasteiger partial charge on any atom is -0.171 e. The minimum atomic E-state index is -4.06. The second kappa shape index (κ2) is 2.29. The van der Waals surface area contributed by atoms with E-state index >= 15 is 0 Å². The monoisotopic (exact) mass is 172 g/mol. The zero-order valence-corrected chi connectivity index (χ0v) is 6.21. The molecule has 3 atom stereocenters. The lowest BCUT2D eigenvalue weighted by Gasteiger charge is -2.13. The van der Waals surface area contributed by atoms with Crippen LogP contribution in [0.1, 0.15) is 13.3 Å². The molecule has 0 aromatic rings. The van der Waals surface area contributed by atoms with Crippen LogP contribution in [0.25, 0.3) is 0 Å². The number of hydrogen-bond donors (Lipinski definition) is 0. The maximum absolute atomic E-state index is 11.9. The van der Waals surface area contributed by atoms with Crippen molar-refractivity contribution in [1.82, 2.24) is 0 Å². The van der Waals surface area contributed by atoms with Crippen LogP contribution >= 0.6 is 11.6 Å². The fourth-order valence-corrected chi connectivity index (χ4v) is 1.37. The van der Waals surface area contributed by atoms with Crippen LogP contribution in [-0.4, -0.2) is 11.6 Å². The summed E-state index contributed by atoms with van der Waals surface area (Å²) >= 11 is 5.45. The molecule has 0 saturated heterocycles. The van der Waals surface area contributed by atoms with Gasteiger partial charge in [-0.3, -0.25) is 0 Å². The predicted molar refractivity (Wildman–Crippen MR) is 33.0 cm³/mol. The maximum atomic E-state index is 11.9. The first-order valence-corrected chi connectivity index (χ1v) is 3.57. The van der Waals surface area contributed by atoms with Gasteiger partial charge in [-0.25, -0.2) is 0 Å². The fraction of sp³-hybridized carbons (Fsp3) is 1.00. The van der Waals surface area contributed by atoms with Crippen molar-refractivity contribution in [2.24, 2.45) is 11.8 Å². The summed E-state index contributed by atoms with van der Waals surface area (Å²) in [6, 6.07) is 0. The van der Waals surface area contributed by atoms with Crippen molar-refractivity contribution in [3.05, 3.63) is 0 Å². The average molecular weight is 173 g/mol. The van der Waals surface area contributed by atoms with Crippen LogP contribution in [-0.2, 0) is 0 Å². The third-order valence-corrected chi connectivity index (χ3v) is 2.42. The van der Waals surface area contributed by atoms with Crippen molar-refractivity contribution in [2.75, 3.05) is 0 Å². The molecule has 0 amide bonds. The summed E-state index contributed by atoms with van der Waals surface area (Å²) in [6.45, 7) is 1.19. The van der Waals surface area contributed by atoms with Gasteiger partial charge in [0.25, 0.3) is 0 Å². The van der Waals surface area contributed by atoms with Crippen LogP contribution in [0.15, 0.2) is 0 Å². The zero-order valence-electron chi connectivity index (χ0n) is 5.45. The van der Waals surface area contributed by atoms with Gasteiger partial charge in [-0.15, -0.1) is 11.6 Å². The van der Waals surface area contributed by atoms with Crippen molar-refractivity contribution in [2.45, 2.75) is 24.9 Å². The van der Waals surface area contributed by atoms with Gasteiger partial charge in [0.15, 0.2) is 0 Å². The number of rotatable bonds is 1. The van der Waals surface area contributed by atoms with Gasteiger partial charge >= 0.3 is 6.18 Å². The van der Waals surface area contributed by atoms with E-state index in [1.807, 2.05) is 0 Å². The highest BCUT2D eigenvalue weighted by Gasteiger charge is 2.51. The van der Waals surface area contributed by atoms with Gasteiger partial charge in [0, 0.05) is 5.38 Å². The Morgan fingerprint density at radius 1 is 1.50 bits per heavy atom. The molecule has 3 unspecified atom stereocenters. The first-order chi connectivity index (χ1) is 4.43. The Kier molecular flexibility index (Phi) is 1.88. The van der Waals surface area contributed by atoms with E-state index in [1.54, 1.807) is 0 Å². The molecular formula is C6H8ClF3. The summed E-state index contributed by atoms with van der Waals surface area (Å²) in [6.07, 6.45) is -3.55. The molecule has 0 heterocycles. The van der Waals surface area contributed by atoms with E-state index in [1.165, 1.54) is 6.92 Å². The van der Waals surface area contributed by atoms with Crippen LogP contribution in [0, 0.1) is 11.8 Å². The van der Waals surface area contributed by atoms with Crippen LogP contribution in [0.3, 0.4) is 0 Å². The molecule has 1 fully saturated rings. The Hall–Kier alpha value is 0.0800. The normalized spacial score (nSPS) is 35.7. The van der Waals surface area contributed by atoms with E-state index < -0.39 is 12.1 Å². The molecular weight excluding hydrogens is 165 g/mol. The number of halogens is 4. The molecule has 4 heteroatoms. The molecule has 0 nitrogen and oxygen atoms in total. The molecule has 1 saturated carbocycles. The molecule has 1 aliphatic carbocycles. The highest BCUT2D eigenvalue weighted by atomic mass is 35.5. The van der Waals surface area contributed by atoms with Crippen LogP contribution in [0.2, 0.25) is 0 Å². The molecule has 10 heavy (non-hydrogen) atoms. The third kappa shape index (κ3) is 1.57. The largest absolute Gasteiger partial charge is 0.391 e. The Labute approximate surface area is 62.4 Å². The summed E-state index contributed by atoms with van der Waals surface area (Å²) < 4.78 is 35.6. The molecule has 0 aromatic heterocycles. The molecule has 1 rings (SSSR count). The molecule has 0 N–H and O–H groups in total. The summed E-state index contributed by atoms with van der Waals surface area (Å²) in [4.78, 5) is 0. The van der Waals surface area contributed by atoms with Crippen molar-refractivity contribution in [1.29, 1.82) is 0 Å². The highest BCUT2D eigenvalue weighted by molar-refractivity contribution is 6.22. The average Bonchev–Trinajstić information content (AvgIpc) is 2.42. The SMILES string of the molecule is CC(C1CC1Cl)C(F)(F)F. The Bertz CT molecular complexity index is 131. The predicted octanol–water partition coefficient (Wildman–Crippen LogP) is 2.81. The smallest absolute Gasteiger partial charge is 0.171 e. The van der Waals surface area contributed by atoms with Crippen molar-refractivity contribution in [3.8, 4) is 0 Å². The Morgan fingerprint density at radius 2 is 1.90 bits per heavy atom. The van der Waals surface area contributed by atoms with E-state index in [0.717, 1.165) is 0 Å². The van der Waals surface area contributed by atoms with E-state index in [4.69, 9.17) is 11.6 Å². The summed E-state index contributed by atoms with van der Waals surface area (Å²) in [5, 5.41) is -0.239. The summed E-state index contributed by atoms with van der Waals surface area (Å²) in [5.41, 5.74) is 0. The van der Waals surface area contributed by atoms with Crippen molar-refractivity contribution >= 4 is 11.6 Å². The second-order valence-electron chi connectivity index (χ2n) is 2.75. The van der Waals surface area contributed by atoms with E-state index in [9.17, 15) is 13.2 Å². The molecule has 0 spiro atoms. The molecule has 0 radical (unpaired) electrons. The van der Waals surface area contributed by atoms with Crippen LogP contribution < -0.4 is 0 Å².